The van der Waals surface area contributed by atoms with Crippen LogP contribution in [0.1, 0.15) is 52.0 Å². The van der Waals surface area contributed by atoms with Crippen LogP contribution in [0.2, 0.25) is 0 Å². The Morgan fingerprint density at radius 2 is 1.85 bits per heavy atom. The van der Waals surface area contributed by atoms with E-state index in [1.807, 2.05) is 23.1 Å². The Labute approximate surface area is 159 Å². The molecule has 0 atom stereocenters. The van der Waals surface area contributed by atoms with Crippen molar-refractivity contribution in [2.24, 2.45) is 5.41 Å². The number of hydrogen-bond donors (Lipinski definition) is 0. The van der Waals surface area contributed by atoms with Crippen LogP contribution < -0.4 is 4.74 Å². The third kappa shape index (κ3) is 7.77. The van der Waals surface area contributed by atoms with Crippen LogP contribution in [0.5, 0.6) is 5.75 Å². The predicted octanol–water partition coefficient (Wildman–Crippen LogP) is 4.12. The van der Waals surface area contributed by atoms with Gasteiger partial charge in [-0.05, 0) is 55.8 Å². The standard InChI is InChI=1S/C22H36N2O2/c1-19-8-7-9-20(18-19)26-17-6-5-10-21(25)24-15-13-23(14-16-24)12-11-22(2,3)4/h7-9,18H,5-6,10-17H2,1-4H3. The molecule has 1 heterocycles. The van der Waals surface area contributed by atoms with Gasteiger partial charge < -0.3 is 9.64 Å². The molecule has 1 aromatic rings. The summed E-state index contributed by atoms with van der Waals surface area (Å²) in [4.78, 5) is 16.9. The molecule has 0 spiro atoms. The Morgan fingerprint density at radius 1 is 1.12 bits per heavy atom. The summed E-state index contributed by atoms with van der Waals surface area (Å²) >= 11 is 0. The van der Waals surface area contributed by atoms with E-state index in [1.54, 1.807) is 0 Å². The summed E-state index contributed by atoms with van der Waals surface area (Å²) in [6.45, 7) is 14.5. The Morgan fingerprint density at radius 3 is 2.50 bits per heavy atom. The SMILES string of the molecule is Cc1cccc(OCCCCC(=O)N2CCN(CCC(C)(C)C)CC2)c1. The van der Waals surface area contributed by atoms with Crippen LogP contribution in [-0.2, 0) is 4.79 Å². The van der Waals surface area contributed by atoms with Crippen LogP contribution in [-0.4, -0.2) is 55.0 Å². The lowest BCUT2D eigenvalue weighted by Crippen LogP contribution is -2.49. The van der Waals surface area contributed by atoms with Crippen LogP contribution in [0.4, 0.5) is 0 Å². The predicted molar refractivity (Wildman–Crippen MR) is 108 cm³/mol. The van der Waals surface area contributed by atoms with E-state index in [4.69, 9.17) is 4.74 Å². The minimum Gasteiger partial charge on any atom is -0.494 e. The zero-order valence-electron chi connectivity index (χ0n) is 17.1. The van der Waals surface area contributed by atoms with Crippen molar-refractivity contribution in [2.75, 3.05) is 39.3 Å². The fourth-order valence-electron chi connectivity index (χ4n) is 3.15. The highest BCUT2D eigenvalue weighted by Crippen LogP contribution is 2.19. The average Bonchev–Trinajstić information content (AvgIpc) is 2.59. The molecule has 1 aromatic carbocycles. The summed E-state index contributed by atoms with van der Waals surface area (Å²) in [6, 6.07) is 8.10. The van der Waals surface area contributed by atoms with Crippen LogP contribution in [0.3, 0.4) is 0 Å². The lowest BCUT2D eigenvalue weighted by molar-refractivity contribution is -0.133. The topological polar surface area (TPSA) is 32.8 Å². The van der Waals surface area contributed by atoms with Crippen molar-refractivity contribution in [1.82, 2.24) is 9.80 Å². The third-order valence-electron chi connectivity index (χ3n) is 4.95. The van der Waals surface area contributed by atoms with Crippen LogP contribution in [0, 0.1) is 12.3 Å². The van der Waals surface area contributed by atoms with Gasteiger partial charge in [-0.25, -0.2) is 0 Å². The largest absolute Gasteiger partial charge is 0.494 e. The summed E-state index contributed by atoms with van der Waals surface area (Å²) in [6.07, 6.45) is 3.67. The number of carbonyl (C=O) groups excluding carboxylic acids is 1. The van der Waals surface area contributed by atoms with Crippen molar-refractivity contribution in [3.8, 4) is 5.75 Å². The second kappa shape index (κ2) is 9.96. The molecule has 0 radical (unpaired) electrons. The normalized spacial score (nSPS) is 15.9. The van der Waals surface area contributed by atoms with Gasteiger partial charge in [-0.3, -0.25) is 9.69 Å². The number of ether oxygens (including phenoxy) is 1. The van der Waals surface area contributed by atoms with Gasteiger partial charge in [-0.15, -0.1) is 0 Å². The number of unbranched alkanes of at least 4 members (excludes halogenated alkanes) is 1. The number of aryl methyl sites for hydroxylation is 1. The first-order chi connectivity index (χ1) is 12.3. The van der Waals surface area contributed by atoms with Gasteiger partial charge in [0.25, 0.3) is 0 Å². The molecule has 26 heavy (non-hydrogen) atoms. The molecular weight excluding hydrogens is 324 g/mol. The van der Waals surface area contributed by atoms with E-state index in [-0.39, 0.29) is 0 Å². The van der Waals surface area contributed by atoms with E-state index >= 15 is 0 Å². The molecule has 2 rings (SSSR count). The number of rotatable bonds is 8. The van der Waals surface area contributed by atoms with Crippen molar-refractivity contribution in [3.05, 3.63) is 29.8 Å². The molecule has 4 nitrogen and oxygen atoms in total. The van der Waals surface area contributed by atoms with E-state index in [9.17, 15) is 4.79 Å². The Kier molecular flexibility index (Phi) is 7.95. The van der Waals surface area contributed by atoms with Gasteiger partial charge in [-0.1, -0.05) is 32.9 Å². The summed E-state index contributed by atoms with van der Waals surface area (Å²) < 4.78 is 5.75. The van der Waals surface area contributed by atoms with Gasteiger partial charge in [0.15, 0.2) is 0 Å². The summed E-state index contributed by atoms with van der Waals surface area (Å²) in [5.74, 6) is 1.22. The van der Waals surface area contributed by atoms with E-state index in [2.05, 4.69) is 38.7 Å². The molecule has 1 aliphatic heterocycles. The van der Waals surface area contributed by atoms with Crippen molar-refractivity contribution in [1.29, 1.82) is 0 Å². The number of benzene rings is 1. The summed E-state index contributed by atoms with van der Waals surface area (Å²) in [5, 5.41) is 0. The van der Waals surface area contributed by atoms with E-state index in [1.165, 1.54) is 12.0 Å². The highest BCUT2D eigenvalue weighted by Gasteiger charge is 2.21. The minimum atomic E-state index is 0.302. The van der Waals surface area contributed by atoms with E-state index < -0.39 is 0 Å². The van der Waals surface area contributed by atoms with Gasteiger partial charge in [0.2, 0.25) is 5.91 Å². The van der Waals surface area contributed by atoms with Crippen molar-refractivity contribution < 1.29 is 9.53 Å². The van der Waals surface area contributed by atoms with Gasteiger partial charge in [0, 0.05) is 32.6 Å². The zero-order chi connectivity index (χ0) is 19.0. The average molecular weight is 361 g/mol. The fraction of sp³-hybridized carbons (Fsp3) is 0.682. The molecule has 0 saturated carbocycles. The molecular formula is C22H36N2O2. The van der Waals surface area contributed by atoms with Crippen molar-refractivity contribution in [2.45, 2.75) is 53.4 Å². The monoisotopic (exact) mass is 360 g/mol. The lowest BCUT2D eigenvalue weighted by atomic mass is 9.92. The van der Waals surface area contributed by atoms with Gasteiger partial charge in [-0.2, -0.15) is 0 Å². The Balaban J connectivity index is 1.56. The van der Waals surface area contributed by atoms with Gasteiger partial charge >= 0.3 is 0 Å². The molecule has 1 aliphatic rings. The molecule has 0 aromatic heterocycles. The van der Waals surface area contributed by atoms with Crippen LogP contribution in [0.25, 0.3) is 0 Å². The Hall–Kier alpha value is -1.55. The maximum atomic E-state index is 12.4. The molecule has 146 valence electrons. The molecule has 0 unspecified atom stereocenters. The first-order valence-electron chi connectivity index (χ1n) is 10.0. The minimum absolute atomic E-state index is 0.302. The fourth-order valence-corrected chi connectivity index (χ4v) is 3.15. The van der Waals surface area contributed by atoms with Gasteiger partial charge in [0.1, 0.15) is 5.75 Å². The second-order valence-electron chi connectivity index (χ2n) is 8.66. The highest BCUT2D eigenvalue weighted by molar-refractivity contribution is 5.76. The first kappa shape index (κ1) is 20.8. The van der Waals surface area contributed by atoms with E-state index in [0.717, 1.165) is 51.3 Å². The number of hydrogen-bond acceptors (Lipinski definition) is 3. The molecule has 0 N–H and O–H groups in total. The maximum absolute atomic E-state index is 12.4. The number of amides is 1. The smallest absolute Gasteiger partial charge is 0.222 e. The highest BCUT2D eigenvalue weighted by atomic mass is 16.5. The van der Waals surface area contributed by atoms with Crippen LogP contribution >= 0.6 is 0 Å². The maximum Gasteiger partial charge on any atom is 0.222 e. The summed E-state index contributed by atoms with van der Waals surface area (Å²) in [7, 11) is 0. The van der Waals surface area contributed by atoms with Crippen molar-refractivity contribution >= 4 is 5.91 Å². The molecule has 1 saturated heterocycles. The molecule has 1 fully saturated rings. The molecule has 4 heteroatoms. The third-order valence-corrected chi connectivity index (χ3v) is 4.95. The van der Waals surface area contributed by atoms with Gasteiger partial charge in [0.05, 0.1) is 6.61 Å². The first-order valence-corrected chi connectivity index (χ1v) is 10.0. The van der Waals surface area contributed by atoms with Crippen molar-refractivity contribution in [3.63, 3.8) is 0 Å². The molecule has 0 aliphatic carbocycles. The van der Waals surface area contributed by atoms with E-state index in [0.29, 0.717) is 24.3 Å². The number of nitrogens with zero attached hydrogens (tertiary/aromatic N) is 2. The summed E-state index contributed by atoms with van der Waals surface area (Å²) in [5.41, 5.74) is 1.59. The molecule has 1 amide bonds. The quantitative estimate of drug-likeness (QED) is 0.654. The zero-order valence-corrected chi connectivity index (χ0v) is 17.1. The Bertz CT molecular complexity index is 558. The molecule has 0 bridgehead atoms. The van der Waals surface area contributed by atoms with Crippen LogP contribution in [0.15, 0.2) is 24.3 Å². The number of piperazine rings is 1. The number of carbonyl (C=O) groups is 1. The lowest BCUT2D eigenvalue weighted by Gasteiger charge is -2.36. The second-order valence-corrected chi connectivity index (χ2v) is 8.66.